The molecule has 3 aromatic rings. The maximum atomic E-state index is 12.8. The Balaban J connectivity index is 1.38. The van der Waals surface area contributed by atoms with Crippen LogP contribution in [0, 0.1) is 0 Å². The van der Waals surface area contributed by atoms with Crippen molar-refractivity contribution >= 4 is 11.8 Å². The van der Waals surface area contributed by atoms with Crippen molar-refractivity contribution in [1.29, 1.82) is 0 Å². The molecule has 6 heteroatoms. The minimum absolute atomic E-state index is 0.0147. The molecule has 0 spiro atoms. The summed E-state index contributed by atoms with van der Waals surface area (Å²) in [6.07, 6.45) is 7.64. The molecule has 27 heavy (non-hydrogen) atoms. The fourth-order valence-electron chi connectivity index (χ4n) is 3.39. The van der Waals surface area contributed by atoms with E-state index in [9.17, 15) is 9.59 Å². The monoisotopic (exact) mass is 362 g/mol. The lowest BCUT2D eigenvalue weighted by Crippen LogP contribution is -2.50. The fourth-order valence-corrected chi connectivity index (χ4v) is 3.39. The zero-order valence-electron chi connectivity index (χ0n) is 15.3. The normalized spacial score (nSPS) is 14.4. The van der Waals surface area contributed by atoms with Crippen LogP contribution in [-0.2, 0) is 7.05 Å². The summed E-state index contributed by atoms with van der Waals surface area (Å²) in [7, 11) is 1.90. The molecule has 1 saturated heterocycles. The van der Waals surface area contributed by atoms with Gasteiger partial charge in [0.05, 0.1) is 5.56 Å². The van der Waals surface area contributed by atoms with Crippen LogP contribution >= 0.6 is 0 Å². The molecule has 0 radical (unpaired) electrons. The van der Waals surface area contributed by atoms with Gasteiger partial charge in [-0.2, -0.15) is 0 Å². The topological polar surface area (TPSA) is 50.5 Å². The summed E-state index contributed by atoms with van der Waals surface area (Å²) in [5.41, 5.74) is 2.39. The first-order valence-electron chi connectivity index (χ1n) is 9.06. The highest BCUT2D eigenvalue weighted by molar-refractivity contribution is 5.96. The maximum Gasteiger partial charge on any atom is 0.255 e. The van der Waals surface area contributed by atoms with Crippen molar-refractivity contribution in [3.8, 4) is 5.69 Å². The summed E-state index contributed by atoms with van der Waals surface area (Å²) in [6, 6.07) is 13.4. The molecule has 0 bridgehead atoms. The van der Waals surface area contributed by atoms with Crippen LogP contribution in [0.4, 0.5) is 0 Å². The number of aryl methyl sites for hydroxylation is 1. The maximum absolute atomic E-state index is 12.8. The largest absolute Gasteiger partial charge is 0.356 e. The first-order valence-corrected chi connectivity index (χ1v) is 9.06. The molecule has 0 atom stereocenters. The van der Waals surface area contributed by atoms with Gasteiger partial charge in [-0.3, -0.25) is 9.59 Å². The molecule has 4 rings (SSSR count). The number of benzene rings is 1. The first-order chi connectivity index (χ1) is 13.1. The van der Waals surface area contributed by atoms with Gasteiger partial charge in [-0.1, -0.05) is 0 Å². The predicted molar refractivity (Wildman–Crippen MR) is 103 cm³/mol. The standard InChI is InChI=1S/C21H22N4O2/c1-22-11-8-18(16-22)21(27)25-14-12-24(13-15-25)20(26)17-4-6-19(7-5-17)23-9-2-3-10-23/h2-11,16H,12-15H2,1H3. The molecule has 2 amide bonds. The number of carbonyl (C=O) groups is 2. The zero-order valence-corrected chi connectivity index (χ0v) is 15.3. The Morgan fingerprint density at radius 1 is 0.741 bits per heavy atom. The molecule has 0 saturated carbocycles. The summed E-state index contributed by atoms with van der Waals surface area (Å²) in [5, 5.41) is 0. The molecule has 1 aliphatic heterocycles. The van der Waals surface area contributed by atoms with Crippen LogP contribution in [0.1, 0.15) is 20.7 Å². The van der Waals surface area contributed by atoms with Crippen LogP contribution in [0.3, 0.4) is 0 Å². The average molecular weight is 362 g/mol. The molecule has 0 unspecified atom stereocenters. The first kappa shape index (κ1) is 17.1. The number of rotatable bonds is 3. The van der Waals surface area contributed by atoms with Crippen LogP contribution in [-0.4, -0.2) is 56.9 Å². The van der Waals surface area contributed by atoms with E-state index in [2.05, 4.69) is 0 Å². The Labute approximate surface area is 158 Å². The highest BCUT2D eigenvalue weighted by Gasteiger charge is 2.25. The molecule has 3 heterocycles. The number of piperazine rings is 1. The Kier molecular flexibility index (Phi) is 4.54. The number of carbonyl (C=O) groups excluding carboxylic acids is 2. The van der Waals surface area contributed by atoms with E-state index in [0.717, 1.165) is 5.69 Å². The van der Waals surface area contributed by atoms with Gasteiger partial charge in [0.15, 0.2) is 0 Å². The Hall–Kier alpha value is -3.28. The van der Waals surface area contributed by atoms with Gasteiger partial charge < -0.3 is 18.9 Å². The smallest absolute Gasteiger partial charge is 0.255 e. The lowest BCUT2D eigenvalue weighted by molar-refractivity contribution is 0.0535. The summed E-state index contributed by atoms with van der Waals surface area (Å²) < 4.78 is 3.87. The summed E-state index contributed by atoms with van der Waals surface area (Å²) in [5.74, 6) is 0.0413. The second kappa shape index (κ2) is 7.15. The van der Waals surface area contributed by atoms with Crippen LogP contribution in [0.15, 0.2) is 67.3 Å². The van der Waals surface area contributed by atoms with Crippen molar-refractivity contribution in [2.24, 2.45) is 7.05 Å². The predicted octanol–water partition coefficient (Wildman–Crippen LogP) is 2.41. The van der Waals surface area contributed by atoms with E-state index < -0.39 is 0 Å². The van der Waals surface area contributed by atoms with Crippen molar-refractivity contribution in [1.82, 2.24) is 18.9 Å². The van der Waals surface area contributed by atoms with Gasteiger partial charge in [0, 0.05) is 69.3 Å². The zero-order chi connectivity index (χ0) is 18.8. The number of nitrogens with zero attached hydrogens (tertiary/aromatic N) is 4. The minimum atomic E-state index is 0.0147. The van der Waals surface area contributed by atoms with Gasteiger partial charge in [0.1, 0.15) is 0 Å². The van der Waals surface area contributed by atoms with Crippen molar-refractivity contribution in [3.63, 3.8) is 0 Å². The summed E-state index contributed by atoms with van der Waals surface area (Å²) >= 11 is 0. The third kappa shape index (κ3) is 3.51. The van der Waals surface area contributed by atoms with Gasteiger partial charge in [-0.05, 0) is 42.5 Å². The van der Waals surface area contributed by atoms with E-state index in [1.54, 1.807) is 0 Å². The molecule has 0 aliphatic carbocycles. The Morgan fingerprint density at radius 3 is 1.81 bits per heavy atom. The number of aromatic nitrogens is 2. The molecule has 6 nitrogen and oxygen atoms in total. The lowest BCUT2D eigenvalue weighted by Gasteiger charge is -2.34. The summed E-state index contributed by atoms with van der Waals surface area (Å²) in [6.45, 7) is 2.22. The van der Waals surface area contributed by atoms with E-state index in [1.165, 1.54) is 0 Å². The number of amides is 2. The third-order valence-electron chi connectivity index (χ3n) is 4.95. The highest BCUT2D eigenvalue weighted by Crippen LogP contribution is 2.14. The second-order valence-corrected chi connectivity index (χ2v) is 6.79. The molecule has 0 N–H and O–H groups in total. The SMILES string of the molecule is Cn1ccc(C(=O)N2CCN(C(=O)c3ccc(-n4cccc4)cc3)CC2)c1. The second-order valence-electron chi connectivity index (χ2n) is 6.79. The molecule has 1 aromatic carbocycles. The van der Waals surface area contributed by atoms with E-state index in [4.69, 9.17) is 0 Å². The Bertz CT molecular complexity index is 933. The average Bonchev–Trinajstić information content (AvgIpc) is 3.39. The van der Waals surface area contributed by atoms with E-state index in [-0.39, 0.29) is 11.8 Å². The van der Waals surface area contributed by atoms with Crippen molar-refractivity contribution < 1.29 is 9.59 Å². The van der Waals surface area contributed by atoms with Crippen LogP contribution in [0.2, 0.25) is 0 Å². The van der Waals surface area contributed by atoms with Gasteiger partial charge in [0.25, 0.3) is 11.8 Å². The van der Waals surface area contributed by atoms with Crippen molar-refractivity contribution in [2.45, 2.75) is 0 Å². The molecule has 1 fully saturated rings. The molecule has 1 aliphatic rings. The molecule has 2 aromatic heterocycles. The molecular weight excluding hydrogens is 340 g/mol. The van der Waals surface area contributed by atoms with Gasteiger partial charge >= 0.3 is 0 Å². The molecular formula is C21H22N4O2. The van der Waals surface area contributed by atoms with Crippen LogP contribution in [0.25, 0.3) is 5.69 Å². The van der Waals surface area contributed by atoms with Crippen LogP contribution in [0.5, 0.6) is 0 Å². The van der Waals surface area contributed by atoms with E-state index in [1.807, 2.05) is 93.2 Å². The summed E-state index contributed by atoms with van der Waals surface area (Å²) in [4.78, 5) is 28.9. The molecule has 138 valence electrons. The Morgan fingerprint density at radius 2 is 1.30 bits per heavy atom. The number of hydrogen-bond donors (Lipinski definition) is 0. The van der Waals surface area contributed by atoms with Crippen molar-refractivity contribution in [3.05, 3.63) is 78.4 Å². The van der Waals surface area contributed by atoms with Gasteiger partial charge in [0.2, 0.25) is 0 Å². The quantitative estimate of drug-likeness (QED) is 0.718. The third-order valence-corrected chi connectivity index (χ3v) is 4.95. The van der Waals surface area contributed by atoms with E-state index >= 15 is 0 Å². The lowest BCUT2D eigenvalue weighted by atomic mass is 10.1. The van der Waals surface area contributed by atoms with E-state index in [0.29, 0.717) is 37.3 Å². The van der Waals surface area contributed by atoms with Gasteiger partial charge in [-0.15, -0.1) is 0 Å². The minimum Gasteiger partial charge on any atom is -0.356 e. The number of hydrogen-bond acceptors (Lipinski definition) is 2. The van der Waals surface area contributed by atoms with Crippen LogP contribution < -0.4 is 0 Å². The van der Waals surface area contributed by atoms with Crippen molar-refractivity contribution in [2.75, 3.05) is 26.2 Å². The fraction of sp³-hybridized carbons (Fsp3) is 0.238. The highest BCUT2D eigenvalue weighted by atomic mass is 16.2. The van der Waals surface area contributed by atoms with Gasteiger partial charge in [-0.25, -0.2) is 0 Å².